The summed E-state index contributed by atoms with van der Waals surface area (Å²) < 4.78 is 1.92. The number of para-hydroxylation sites is 1. The summed E-state index contributed by atoms with van der Waals surface area (Å²) in [7, 11) is 0. The van der Waals surface area contributed by atoms with E-state index in [4.69, 9.17) is 4.98 Å². The second-order valence-corrected chi connectivity index (χ2v) is 8.48. The number of phenolic OH excluding ortho intramolecular Hbond substituents is 1. The van der Waals surface area contributed by atoms with Crippen molar-refractivity contribution in [1.82, 2.24) is 19.4 Å². The summed E-state index contributed by atoms with van der Waals surface area (Å²) in [6.45, 7) is 3.09. The monoisotopic (exact) mass is 412 g/mol. The van der Waals surface area contributed by atoms with Crippen LogP contribution in [0.2, 0.25) is 0 Å². The number of hydrogen-bond acceptors (Lipinski definition) is 6. The van der Waals surface area contributed by atoms with Gasteiger partial charge in [0.15, 0.2) is 0 Å². The number of nitrogens with zero attached hydrogens (tertiary/aromatic N) is 6. The van der Waals surface area contributed by atoms with Gasteiger partial charge in [-0.25, -0.2) is 4.98 Å². The average Bonchev–Trinajstić information content (AvgIpc) is 3.33. The number of benzene rings is 1. The molecule has 0 amide bonds. The molecule has 2 bridgehead atoms. The van der Waals surface area contributed by atoms with Crippen LogP contribution in [0.3, 0.4) is 0 Å². The lowest BCUT2D eigenvalue weighted by atomic mass is 10.0. The van der Waals surface area contributed by atoms with E-state index in [-0.39, 0.29) is 5.75 Å². The zero-order chi connectivity index (χ0) is 20.8. The summed E-state index contributed by atoms with van der Waals surface area (Å²) in [5.41, 5.74) is 2.70. The number of pyridine rings is 1. The Morgan fingerprint density at radius 3 is 2.71 bits per heavy atom. The lowest BCUT2D eigenvalue weighted by Crippen LogP contribution is -2.42. The SMILES string of the molecule is Oc1ccccc1-c1cn2ccc(N3CCC4CC(C3)N(c3ccncc3)C4)nc2n1. The Bertz CT molecular complexity index is 1220. The van der Waals surface area contributed by atoms with E-state index in [1.807, 2.05) is 47.4 Å². The van der Waals surface area contributed by atoms with Gasteiger partial charge in [0.25, 0.3) is 0 Å². The highest BCUT2D eigenvalue weighted by atomic mass is 16.3. The average molecular weight is 412 g/mol. The number of phenols is 1. The standard InChI is InChI=1S/C24H24N6O/c31-22-4-2-1-3-20(22)21-16-29-12-8-23(27-24(29)26-21)28-11-7-17-13-19(15-28)30(14-17)18-5-9-25-10-6-18/h1-6,8-10,12,16-17,19,31H,7,11,13-15H2. The fourth-order valence-electron chi connectivity index (χ4n) is 5.00. The van der Waals surface area contributed by atoms with Crippen molar-refractivity contribution in [1.29, 1.82) is 0 Å². The van der Waals surface area contributed by atoms with E-state index in [1.165, 1.54) is 18.5 Å². The molecule has 31 heavy (non-hydrogen) atoms. The number of aromatic hydroxyl groups is 1. The van der Waals surface area contributed by atoms with Crippen molar-refractivity contribution >= 4 is 17.3 Å². The molecule has 2 fully saturated rings. The van der Waals surface area contributed by atoms with Crippen LogP contribution in [0.15, 0.2) is 67.3 Å². The third kappa shape index (κ3) is 3.26. The van der Waals surface area contributed by atoms with E-state index in [0.29, 0.717) is 17.7 Å². The predicted molar refractivity (Wildman–Crippen MR) is 120 cm³/mol. The zero-order valence-electron chi connectivity index (χ0n) is 17.2. The van der Waals surface area contributed by atoms with Crippen LogP contribution in [0.25, 0.3) is 17.0 Å². The van der Waals surface area contributed by atoms with Crippen molar-refractivity contribution in [2.24, 2.45) is 5.92 Å². The van der Waals surface area contributed by atoms with Crippen molar-refractivity contribution in [3.05, 3.63) is 67.3 Å². The summed E-state index contributed by atoms with van der Waals surface area (Å²) in [4.78, 5) is 18.6. The summed E-state index contributed by atoms with van der Waals surface area (Å²) >= 11 is 0. The Morgan fingerprint density at radius 2 is 1.84 bits per heavy atom. The zero-order valence-corrected chi connectivity index (χ0v) is 17.2. The maximum atomic E-state index is 10.2. The number of imidazole rings is 1. The van der Waals surface area contributed by atoms with Gasteiger partial charge >= 0.3 is 0 Å². The van der Waals surface area contributed by atoms with E-state index >= 15 is 0 Å². The molecule has 156 valence electrons. The van der Waals surface area contributed by atoms with E-state index in [9.17, 15) is 5.11 Å². The van der Waals surface area contributed by atoms with E-state index in [2.05, 4.69) is 38.0 Å². The highest BCUT2D eigenvalue weighted by Gasteiger charge is 2.36. The van der Waals surface area contributed by atoms with Crippen LogP contribution >= 0.6 is 0 Å². The second kappa shape index (κ2) is 7.27. The van der Waals surface area contributed by atoms with Gasteiger partial charge in [0.05, 0.1) is 5.69 Å². The molecule has 7 heteroatoms. The topological polar surface area (TPSA) is 69.8 Å². The molecule has 0 spiro atoms. The molecule has 2 saturated heterocycles. The molecule has 0 saturated carbocycles. The van der Waals surface area contributed by atoms with Crippen LogP contribution < -0.4 is 9.80 Å². The number of hydrogen-bond donors (Lipinski definition) is 1. The van der Waals surface area contributed by atoms with Gasteiger partial charge in [-0.1, -0.05) is 12.1 Å². The van der Waals surface area contributed by atoms with Crippen molar-refractivity contribution in [2.75, 3.05) is 29.4 Å². The first-order valence-corrected chi connectivity index (χ1v) is 10.8. The minimum Gasteiger partial charge on any atom is -0.507 e. The van der Waals surface area contributed by atoms with Gasteiger partial charge in [-0.2, -0.15) is 4.98 Å². The van der Waals surface area contributed by atoms with Gasteiger partial charge in [-0.3, -0.25) is 9.38 Å². The van der Waals surface area contributed by atoms with Crippen LogP contribution in [-0.4, -0.2) is 50.1 Å². The van der Waals surface area contributed by atoms with Crippen molar-refractivity contribution in [2.45, 2.75) is 18.9 Å². The minimum absolute atomic E-state index is 0.228. The molecule has 7 nitrogen and oxygen atoms in total. The van der Waals surface area contributed by atoms with Crippen molar-refractivity contribution in [3.8, 4) is 17.0 Å². The molecule has 3 aromatic heterocycles. The quantitative estimate of drug-likeness (QED) is 0.554. The molecule has 2 unspecified atom stereocenters. The fraction of sp³-hybridized carbons (Fsp3) is 0.292. The molecular formula is C24H24N6O. The third-order valence-corrected chi connectivity index (χ3v) is 6.55. The molecule has 4 aromatic rings. The molecule has 2 atom stereocenters. The Morgan fingerprint density at radius 1 is 0.968 bits per heavy atom. The van der Waals surface area contributed by atoms with Gasteiger partial charge in [0.2, 0.25) is 5.78 Å². The van der Waals surface area contributed by atoms with E-state index in [0.717, 1.165) is 36.7 Å². The molecule has 0 aliphatic carbocycles. The Hall–Kier alpha value is -3.61. The van der Waals surface area contributed by atoms with Gasteiger partial charge in [0, 0.05) is 61.7 Å². The van der Waals surface area contributed by atoms with Crippen molar-refractivity contribution < 1.29 is 5.11 Å². The Balaban J connectivity index is 1.29. The van der Waals surface area contributed by atoms with Gasteiger partial charge < -0.3 is 14.9 Å². The minimum atomic E-state index is 0.228. The highest BCUT2D eigenvalue weighted by Crippen LogP contribution is 2.35. The molecule has 6 rings (SSSR count). The number of rotatable bonds is 3. The largest absolute Gasteiger partial charge is 0.507 e. The Labute approximate surface area is 180 Å². The summed E-state index contributed by atoms with van der Waals surface area (Å²) in [6.07, 6.45) is 10.1. The molecule has 2 aliphatic heterocycles. The normalized spacial score (nSPS) is 20.9. The van der Waals surface area contributed by atoms with E-state index < -0.39 is 0 Å². The molecule has 5 heterocycles. The van der Waals surface area contributed by atoms with Crippen LogP contribution in [0.1, 0.15) is 12.8 Å². The number of aromatic nitrogens is 4. The van der Waals surface area contributed by atoms with Crippen LogP contribution in [0.5, 0.6) is 5.75 Å². The van der Waals surface area contributed by atoms with Gasteiger partial charge in [-0.05, 0) is 49.1 Å². The number of fused-ring (bicyclic) bond motifs is 3. The highest BCUT2D eigenvalue weighted by molar-refractivity contribution is 5.68. The fourth-order valence-corrected chi connectivity index (χ4v) is 5.00. The molecular weight excluding hydrogens is 388 g/mol. The van der Waals surface area contributed by atoms with Crippen LogP contribution in [0.4, 0.5) is 11.5 Å². The molecule has 2 aliphatic rings. The lowest BCUT2D eigenvalue weighted by molar-refractivity contribution is 0.477. The molecule has 1 N–H and O–H groups in total. The van der Waals surface area contributed by atoms with Gasteiger partial charge in [-0.15, -0.1) is 0 Å². The maximum Gasteiger partial charge on any atom is 0.236 e. The lowest BCUT2D eigenvalue weighted by Gasteiger charge is -2.33. The van der Waals surface area contributed by atoms with Crippen molar-refractivity contribution in [3.63, 3.8) is 0 Å². The second-order valence-electron chi connectivity index (χ2n) is 8.48. The maximum absolute atomic E-state index is 10.2. The smallest absolute Gasteiger partial charge is 0.236 e. The Kier molecular flexibility index (Phi) is 4.26. The first-order chi connectivity index (χ1) is 15.2. The third-order valence-electron chi connectivity index (χ3n) is 6.55. The first kappa shape index (κ1) is 18.2. The summed E-state index contributed by atoms with van der Waals surface area (Å²) in [5, 5.41) is 10.2. The first-order valence-electron chi connectivity index (χ1n) is 10.8. The van der Waals surface area contributed by atoms with Crippen LogP contribution in [0, 0.1) is 5.92 Å². The summed E-state index contributed by atoms with van der Waals surface area (Å²) in [6, 6.07) is 14.0. The van der Waals surface area contributed by atoms with Crippen LogP contribution in [-0.2, 0) is 0 Å². The summed E-state index contributed by atoms with van der Waals surface area (Å²) in [5.74, 6) is 2.55. The van der Waals surface area contributed by atoms with E-state index in [1.54, 1.807) is 6.07 Å². The number of anilines is 2. The molecule has 1 aromatic carbocycles. The molecule has 0 radical (unpaired) electrons. The van der Waals surface area contributed by atoms with Gasteiger partial charge in [0.1, 0.15) is 11.6 Å². The predicted octanol–water partition coefficient (Wildman–Crippen LogP) is 3.60.